The zero-order chi connectivity index (χ0) is 15.5. The molecule has 22 heavy (non-hydrogen) atoms. The second-order valence-corrected chi connectivity index (χ2v) is 7.34. The van der Waals surface area contributed by atoms with E-state index in [4.69, 9.17) is 0 Å². The van der Waals surface area contributed by atoms with E-state index in [1.807, 2.05) is 0 Å². The summed E-state index contributed by atoms with van der Waals surface area (Å²) < 4.78 is 14.3. The molecule has 1 atom stereocenters. The fourth-order valence-electron chi connectivity index (χ4n) is 2.92. The Morgan fingerprint density at radius 2 is 2.27 bits per heavy atom. The highest BCUT2D eigenvalue weighted by Gasteiger charge is 2.14. The summed E-state index contributed by atoms with van der Waals surface area (Å²) in [5, 5.41) is 1.28. The lowest BCUT2D eigenvalue weighted by atomic mass is 9.98. The zero-order valence-electron chi connectivity index (χ0n) is 13.2. The van der Waals surface area contributed by atoms with Crippen LogP contribution >= 0.6 is 0 Å². The fourth-order valence-corrected chi connectivity index (χ4v) is 3.54. The molecule has 118 valence electrons. The maximum absolute atomic E-state index is 11.5. The summed E-state index contributed by atoms with van der Waals surface area (Å²) in [5.74, 6) is 0.648. The molecule has 2 N–H and O–H groups in total. The van der Waals surface area contributed by atoms with Crippen molar-refractivity contribution >= 4 is 27.8 Å². The van der Waals surface area contributed by atoms with Crippen molar-refractivity contribution in [1.29, 1.82) is 0 Å². The Kier molecular flexibility index (Phi) is 4.88. The summed E-state index contributed by atoms with van der Waals surface area (Å²) in [6, 6.07) is 6.50. The van der Waals surface area contributed by atoms with Crippen LogP contribution in [0.5, 0.6) is 0 Å². The number of nitrogens with one attached hydrogen (secondary N) is 2. The summed E-state index contributed by atoms with van der Waals surface area (Å²) in [6.07, 6.45) is 6.37. The van der Waals surface area contributed by atoms with Gasteiger partial charge >= 0.3 is 0 Å². The average molecular weight is 317 g/mol. The molecule has 0 radical (unpaired) electrons. The first kappa shape index (κ1) is 15.6. The predicted molar refractivity (Wildman–Crippen MR) is 94.2 cm³/mol. The minimum Gasteiger partial charge on any atom is -0.598 e. The molecule has 0 bridgehead atoms. The lowest BCUT2D eigenvalue weighted by Crippen LogP contribution is -2.23. The van der Waals surface area contributed by atoms with Crippen LogP contribution in [0.1, 0.15) is 17.5 Å². The summed E-state index contributed by atoms with van der Waals surface area (Å²) in [7, 11) is 3.89. The molecular weight excluding hydrogens is 294 g/mol. The van der Waals surface area contributed by atoms with Gasteiger partial charge in [0.1, 0.15) is 5.75 Å². The van der Waals surface area contributed by atoms with Crippen LogP contribution in [0, 0.1) is 0 Å². The first-order valence-electron chi connectivity index (χ1n) is 7.71. The van der Waals surface area contributed by atoms with Gasteiger partial charge in [0.05, 0.1) is 0 Å². The van der Waals surface area contributed by atoms with E-state index in [9.17, 15) is 4.55 Å². The molecule has 1 aromatic heterocycles. The van der Waals surface area contributed by atoms with Crippen LogP contribution < -0.4 is 4.72 Å². The number of rotatable bonds is 5. The molecule has 0 spiro atoms. The number of hydrogen-bond acceptors (Lipinski definition) is 3. The molecule has 1 aliphatic rings. The van der Waals surface area contributed by atoms with Gasteiger partial charge in [-0.15, -0.1) is 4.72 Å². The number of fused-ring (bicyclic) bond motifs is 1. The Labute approximate surface area is 134 Å². The minimum atomic E-state index is -0.940. The second-order valence-electron chi connectivity index (χ2n) is 5.83. The van der Waals surface area contributed by atoms with Gasteiger partial charge in [0.15, 0.2) is 0 Å². The largest absolute Gasteiger partial charge is 0.598 e. The van der Waals surface area contributed by atoms with E-state index < -0.39 is 11.4 Å². The van der Waals surface area contributed by atoms with Gasteiger partial charge in [0.25, 0.3) is 0 Å². The highest BCUT2D eigenvalue weighted by Crippen LogP contribution is 2.29. The Bertz CT molecular complexity index is 680. The van der Waals surface area contributed by atoms with Crippen molar-refractivity contribution in [3.05, 3.63) is 41.6 Å². The van der Waals surface area contributed by atoms with Crippen molar-refractivity contribution in [1.82, 2.24) is 14.6 Å². The maximum atomic E-state index is 11.5. The van der Waals surface area contributed by atoms with Gasteiger partial charge < -0.3 is 14.4 Å². The van der Waals surface area contributed by atoms with Crippen LogP contribution in [-0.4, -0.2) is 47.4 Å². The summed E-state index contributed by atoms with van der Waals surface area (Å²) in [4.78, 5) is 5.70. The maximum Gasteiger partial charge on any atom is 0.129 e. The van der Waals surface area contributed by atoms with Crippen LogP contribution in [0.15, 0.2) is 30.5 Å². The number of aromatic amines is 1. The van der Waals surface area contributed by atoms with E-state index in [2.05, 4.69) is 52.1 Å². The van der Waals surface area contributed by atoms with Crippen LogP contribution in [0.4, 0.5) is 0 Å². The molecule has 0 amide bonds. The van der Waals surface area contributed by atoms with Crippen molar-refractivity contribution in [3.8, 4) is 0 Å². The van der Waals surface area contributed by atoms with E-state index in [-0.39, 0.29) is 0 Å². The van der Waals surface area contributed by atoms with Gasteiger partial charge in [-0.3, -0.25) is 0 Å². The molecule has 3 rings (SSSR count). The number of nitrogens with zero attached hydrogens (tertiary/aromatic N) is 1. The molecule has 4 nitrogen and oxygen atoms in total. The van der Waals surface area contributed by atoms with E-state index >= 15 is 0 Å². The highest BCUT2D eigenvalue weighted by molar-refractivity contribution is 7.89. The topological polar surface area (TPSA) is 54.1 Å². The summed E-state index contributed by atoms with van der Waals surface area (Å²) >= 11 is -0.940. The van der Waals surface area contributed by atoms with Gasteiger partial charge in [-0.25, -0.2) is 0 Å². The molecule has 2 heterocycles. The molecule has 5 heteroatoms. The molecular formula is C17H23N3OS. The Balaban J connectivity index is 1.85. The van der Waals surface area contributed by atoms with Crippen LogP contribution in [0.2, 0.25) is 0 Å². The second kappa shape index (κ2) is 6.87. The molecule has 1 aliphatic heterocycles. The van der Waals surface area contributed by atoms with Gasteiger partial charge in [-0.05, 0) is 36.7 Å². The van der Waals surface area contributed by atoms with E-state index in [1.165, 1.54) is 27.6 Å². The monoisotopic (exact) mass is 317 g/mol. The smallest absolute Gasteiger partial charge is 0.129 e. The Morgan fingerprint density at radius 1 is 1.41 bits per heavy atom. The number of aryl methyl sites for hydroxylation is 1. The molecule has 0 saturated carbocycles. The molecule has 1 aromatic carbocycles. The first-order chi connectivity index (χ1) is 10.7. The predicted octanol–water partition coefficient (Wildman–Crippen LogP) is 2.31. The SMILES string of the molecule is CN[S+]([O-])CCc1ccc2[nH]cc(C3=CCN(C)CC3)c2c1. The zero-order valence-corrected chi connectivity index (χ0v) is 14.0. The number of likely N-dealkylation sites (N-methyl/N-ethyl adjacent to an activating group) is 1. The quantitative estimate of drug-likeness (QED) is 0.832. The van der Waals surface area contributed by atoms with E-state index in [1.54, 1.807) is 7.05 Å². The van der Waals surface area contributed by atoms with Crippen molar-refractivity contribution in [2.24, 2.45) is 0 Å². The van der Waals surface area contributed by atoms with E-state index in [0.717, 1.165) is 25.9 Å². The third-order valence-electron chi connectivity index (χ3n) is 4.31. The average Bonchev–Trinajstić information content (AvgIpc) is 2.96. The number of hydrogen-bond donors (Lipinski definition) is 2. The van der Waals surface area contributed by atoms with Crippen LogP contribution in [-0.2, 0) is 17.8 Å². The standard InChI is InChI=1S/C17H23N3OS/c1-18-22(21)10-7-13-3-4-17-15(11-13)16(12-19-17)14-5-8-20(2)9-6-14/h3-5,11-12,18-19H,6-10H2,1-2H3. The van der Waals surface area contributed by atoms with Gasteiger partial charge in [-0.2, -0.15) is 0 Å². The molecule has 0 aliphatic carbocycles. The number of aromatic nitrogens is 1. The first-order valence-corrected chi connectivity index (χ1v) is 9.03. The fraction of sp³-hybridized carbons (Fsp3) is 0.412. The lowest BCUT2D eigenvalue weighted by Gasteiger charge is -2.21. The van der Waals surface area contributed by atoms with Gasteiger partial charge in [-0.1, -0.05) is 12.1 Å². The molecule has 0 fully saturated rings. The molecule has 0 saturated heterocycles. The van der Waals surface area contributed by atoms with Crippen molar-refractivity contribution in [2.75, 3.05) is 32.9 Å². The highest BCUT2D eigenvalue weighted by atomic mass is 32.2. The third-order valence-corrected chi connectivity index (χ3v) is 5.34. The van der Waals surface area contributed by atoms with Crippen LogP contribution in [0.25, 0.3) is 16.5 Å². The Morgan fingerprint density at radius 3 is 3.00 bits per heavy atom. The lowest BCUT2D eigenvalue weighted by molar-refractivity contribution is 0.370. The number of benzene rings is 1. The minimum absolute atomic E-state index is 0.648. The summed E-state index contributed by atoms with van der Waals surface area (Å²) in [6.45, 7) is 2.13. The van der Waals surface area contributed by atoms with Gasteiger partial charge in [0.2, 0.25) is 0 Å². The van der Waals surface area contributed by atoms with Crippen molar-refractivity contribution in [2.45, 2.75) is 12.8 Å². The molecule has 2 aromatic rings. The van der Waals surface area contributed by atoms with Crippen molar-refractivity contribution in [3.63, 3.8) is 0 Å². The Hall–Kier alpha value is -1.27. The van der Waals surface area contributed by atoms with E-state index in [0.29, 0.717) is 5.75 Å². The normalized spacial score (nSPS) is 17.7. The van der Waals surface area contributed by atoms with Crippen molar-refractivity contribution < 1.29 is 4.55 Å². The van der Waals surface area contributed by atoms with Crippen LogP contribution in [0.3, 0.4) is 0 Å². The summed E-state index contributed by atoms with van der Waals surface area (Å²) in [5.41, 5.74) is 5.17. The van der Waals surface area contributed by atoms with Gasteiger partial charge in [0, 0.05) is 60.6 Å². The molecule has 1 unspecified atom stereocenters. The third kappa shape index (κ3) is 3.38. The number of H-pyrrole nitrogens is 1.